The molecule has 0 aliphatic heterocycles. The largest absolute Gasteiger partial charge is 0.392 e. The van der Waals surface area contributed by atoms with Gasteiger partial charge < -0.3 is 10.8 Å². The zero-order valence-corrected chi connectivity index (χ0v) is 10.4. The molecule has 0 spiro atoms. The van der Waals surface area contributed by atoms with E-state index in [4.69, 9.17) is 5.73 Å². The number of aliphatic hydroxyl groups excluding tert-OH is 1. The predicted molar refractivity (Wildman–Crippen MR) is 68.3 cm³/mol. The molecule has 17 heavy (non-hydrogen) atoms. The minimum atomic E-state index is -0.478. The highest BCUT2D eigenvalue weighted by molar-refractivity contribution is 5.22. The van der Waals surface area contributed by atoms with Crippen LogP contribution in [0.4, 0.5) is 4.39 Å². The van der Waals surface area contributed by atoms with Crippen molar-refractivity contribution in [2.45, 2.75) is 44.6 Å². The lowest BCUT2D eigenvalue weighted by Crippen LogP contribution is -2.26. The van der Waals surface area contributed by atoms with Crippen molar-refractivity contribution in [2.24, 2.45) is 5.73 Å². The quantitative estimate of drug-likeness (QED) is 0.719. The van der Waals surface area contributed by atoms with Crippen LogP contribution in [0.1, 0.15) is 44.1 Å². The van der Waals surface area contributed by atoms with Crippen LogP contribution in [0, 0.1) is 5.82 Å². The van der Waals surface area contributed by atoms with Crippen molar-refractivity contribution in [3.8, 4) is 0 Å². The van der Waals surface area contributed by atoms with E-state index in [9.17, 15) is 9.50 Å². The Bertz CT molecular complexity index is 330. The van der Waals surface area contributed by atoms with E-state index in [0.717, 1.165) is 31.2 Å². The van der Waals surface area contributed by atoms with Gasteiger partial charge in [0.15, 0.2) is 0 Å². The number of halogens is 1. The van der Waals surface area contributed by atoms with E-state index < -0.39 is 6.10 Å². The number of rotatable bonds is 7. The summed E-state index contributed by atoms with van der Waals surface area (Å²) in [6.45, 7) is 2.47. The van der Waals surface area contributed by atoms with Gasteiger partial charge in [-0.05, 0) is 24.1 Å². The second-order valence-electron chi connectivity index (χ2n) is 4.46. The SMILES string of the molecule is CCCCCC(O)C(CN)c1cccc(F)c1. The maximum absolute atomic E-state index is 13.1. The molecule has 96 valence electrons. The summed E-state index contributed by atoms with van der Waals surface area (Å²) in [5.74, 6) is -0.440. The standard InChI is InChI=1S/C14H22FNO/c1-2-3-4-8-14(17)13(10-16)11-6-5-7-12(15)9-11/h5-7,9,13-14,17H,2-4,8,10,16H2,1H3. The van der Waals surface area contributed by atoms with Crippen molar-refractivity contribution in [2.75, 3.05) is 6.54 Å². The molecular weight excluding hydrogens is 217 g/mol. The molecule has 0 fully saturated rings. The van der Waals surface area contributed by atoms with Crippen molar-refractivity contribution in [1.29, 1.82) is 0 Å². The van der Waals surface area contributed by atoms with Crippen LogP contribution < -0.4 is 5.73 Å². The molecule has 2 unspecified atom stereocenters. The smallest absolute Gasteiger partial charge is 0.123 e. The monoisotopic (exact) mass is 239 g/mol. The summed E-state index contributed by atoms with van der Waals surface area (Å²) in [7, 11) is 0. The zero-order chi connectivity index (χ0) is 12.7. The van der Waals surface area contributed by atoms with Gasteiger partial charge in [0, 0.05) is 12.5 Å². The molecular formula is C14H22FNO. The van der Waals surface area contributed by atoms with Crippen molar-refractivity contribution >= 4 is 0 Å². The normalized spacial score (nSPS) is 14.6. The first-order chi connectivity index (χ1) is 8.19. The van der Waals surface area contributed by atoms with Gasteiger partial charge in [0.1, 0.15) is 5.82 Å². The Morgan fingerprint density at radius 2 is 2.12 bits per heavy atom. The number of aliphatic hydroxyl groups is 1. The Hall–Kier alpha value is -0.930. The number of unbranched alkanes of at least 4 members (excludes halogenated alkanes) is 2. The molecule has 0 aliphatic carbocycles. The summed E-state index contributed by atoms with van der Waals surface area (Å²) >= 11 is 0. The van der Waals surface area contributed by atoms with Crippen molar-refractivity contribution in [3.05, 3.63) is 35.6 Å². The van der Waals surface area contributed by atoms with Gasteiger partial charge in [-0.15, -0.1) is 0 Å². The van der Waals surface area contributed by atoms with E-state index in [1.54, 1.807) is 6.07 Å². The molecule has 0 radical (unpaired) electrons. The van der Waals surface area contributed by atoms with Gasteiger partial charge in [-0.25, -0.2) is 4.39 Å². The molecule has 0 heterocycles. The van der Waals surface area contributed by atoms with Crippen molar-refractivity contribution < 1.29 is 9.50 Å². The molecule has 0 saturated carbocycles. The third-order valence-corrected chi connectivity index (χ3v) is 3.10. The first kappa shape index (κ1) is 14.1. The first-order valence-electron chi connectivity index (χ1n) is 6.32. The Morgan fingerprint density at radius 3 is 2.71 bits per heavy atom. The highest BCUT2D eigenvalue weighted by Gasteiger charge is 2.19. The zero-order valence-electron chi connectivity index (χ0n) is 10.4. The van der Waals surface area contributed by atoms with E-state index in [1.165, 1.54) is 12.1 Å². The fraction of sp³-hybridized carbons (Fsp3) is 0.571. The summed E-state index contributed by atoms with van der Waals surface area (Å²) in [5, 5.41) is 10.1. The topological polar surface area (TPSA) is 46.2 Å². The van der Waals surface area contributed by atoms with Crippen molar-refractivity contribution in [3.63, 3.8) is 0 Å². The van der Waals surface area contributed by atoms with E-state index in [2.05, 4.69) is 6.92 Å². The Labute approximate surface area is 103 Å². The number of benzene rings is 1. The van der Waals surface area contributed by atoms with Gasteiger partial charge >= 0.3 is 0 Å². The Kier molecular flexibility index (Phi) is 6.16. The molecule has 0 aliphatic rings. The Balaban J connectivity index is 2.63. The van der Waals surface area contributed by atoms with E-state index in [-0.39, 0.29) is 11.7 Å². The fourth-order valence-corrected chi connectivity index (χ4v) is 2.06. The average Bonchev–Trinajstić information content (AvgIpc) is 2.30. The summed E-state index contributed by atoms with van der Waals surface area (Å²) in [5.41, 5.74) is 6.47. The van der Waals surface area contributed by atoms with Crippen LogP contribution in [0.2, 0.25) is 0 Å². The molecule has 0 amide bonds. The second-order valence-corrected chi connectivity index (χ2v) is 4.46. The maximum atomic E-state index is 13.1. The van der Waals surface area contributed by atoms with Gasteiger partial charge in [0.05, 0.1) is 6.10 Å². The van der Waals surface area contributed by atoms with E-state index in [0.29, 0.717) is 6.54 Å². The molecule has 1 aromatic carbocycles. The molecule has 0 bridgehead atoms. The number of hydrogen-bond acceptors (Lipinski definition) is 2. The maximum Gasteiger partial charge on any atom is 0.123 e. The molecule has 1 rings (SSSR count). The summed E-state index contributed by atoms with van der Waals surface area (Å²) < 4.78 is 13.1. The molecule has 0 saturated heterocycles. The molecule has 2 atom stereocenters. The summed E-state index contributed by atoms with van der Waals surface area (Å²) in [4.78, 5) is 0. The molecule has 1 aromatic rings. The highest BCUT2D eigenvalue weighted by atomic mass is 19.1. The molecule has 3 N–H and O–H groups in total. The molecule has 3 heteroatoms. The van der Waals surface area contributed by atoms with Crippen LogP contribution in [0.25, 0.3) is 0 Å². The number of hydrogen-bond donors (Lipinski definition) is 2. The van der Waals surface area contributed by atoms with Gasteiger partial charge in [0.25, 0.3) is 0 Å². The lowest BCUT2D eigenvalue weighted by Gasteiger charge is -2.21. The van der Waals surface area contributed by atoms with Crippen molar-refractivity contribution in [1.82, 2.24) is 0 Å². The van der Waals surface area contributed by atoms with Crippen LogP contribution >= 0.6 is 0 Å². The molecule has 0 aromatic heterocycles. The number of nitrogens with two attached hydrogens (primary N) is 1. The lowest BCUT2D eigenvalue weighted by atomic mass is 9.90. The van der Waals surface area contributed by atoms with Gasteiger partial charge in [-0.3, -0.25) is 0 Å². The fourth-order valence-electron chi connectivity index (χ4n) is 2.06. The average molecular weight is 239 g/mol. The third kappa shape index (κ3) is 4.44. The minimum Gasteiger partial charge on any atom is -0.392 e. The third-order valence-electron chi connectivity index (χ3n) is 3.10. The van der Waals surface area contributed by atoms with Gasteiger partial charge in [0.2, 0.25) is 0 Å². The van der Waals surface area contributed by atoms with Crippen LogP contribution in [0.5, 0.6) is 0 Å². The van der Waals surface area contributed by atoms with Crippen LogP contribution in [0.3, 0.4) is 0 Å². The van der Waals surface area contributed by atoms with E-state index >= 15 is 0 Å². The Morgan fingerprint density at radius 1 is 1.35 bits per heavy atom. The van der Waals surface area contributed by atoms with Gasteiger partial charge in [-0.2, -0.15) is 0 Å². The highest BCUT2D eigenvalue weighted by Crippen LogP contribution is 2.23. The molecule has 2 nitrogen and oxygen atoms in total. The van der Waals surface area contributed by atoms with Crippen LogP contribution in [0.15, 0.2) is 24.3 Å². The van der Waals surface area contributed by atoms with Crippen LogP contribution in [-0.4, -0.2) is 17.8 Å². The van der Waals surface area contributed by atoms with Crippen LogP contribution in [-0.2, 0) is 0 Å². The summed E-state index contributed by atoms with van der Waals surface area (Å²) in [6.07, 6.45) is 3.47. The summed E-state index contributed by atoms with van der Waals surface area (Å²) in [6, 6.07) is 6.34. The predicted octanol–water partition coefficient (Wildman–Crippen LogP) is 2.81. The lowest BCUT2D eigenvalue weighted by molar-refractivity contribution is 0.132. The second kappa shape index (κ2) is 7.41. The van der Waals surface area contributed by atoms with E-state index in [1.807, 2.05) is 6.07 Å². The van der Waals surface area contributed by atoms with Gasteiger partial charge in [-0.1, -0.05) is 38.3 Å². The first-order valence-corrected chi connectivity index (χ1v) is 6.32. The minimum absolute atomic E-state index is 0.164.